The van der Waals surface area contributed by atoms with Crippen LogP contribution in [0.5, 0.6) is 5.75 Å². The average Bonchev–Trinajstić information content (AvgIpc) is 3.24. The number of ether oxygens (including phenoxy) is 3. The van der Waals surface area contributed by atoms with Crippen molar-refractivity contribution >= 4 is 22.7 Å². The molecule has 4 rings (SSSR count). The average molecular weight is 362 g/mol. The number of carboxylic acids is 1. The summed E-state index contributed by atoms with van der Waals surface area (Å²) in [6.07, 6.45) is -1.77. The number of benzene rings is 1. The number of aliphatic hydroxyl groups is 1. The number of aliphatic carboxylic acids is 1. The molecular formula is C17H18N2O7. The fourth-order valence-electron chi connectivity index (χ4n) is 3.46. The van der Waals surface area contributed by atoms with Crippen LogP contribution in [-0.2, 0) is 20.8 Å². The molecule has 2 aliphatic rings. The highest BCUT2D eigenvalue weighted by atomic mass is 16.6. The number of fused-ring (bicyclic) bond motifs is 2. The predicted octanol–water partition coefficient (Wildman–Crippen LogP) is 0.229. The Morgan fingerprint density at radius 2 is 2.08 bits per heavy atom. The van der Waals surface area contributed by atoms with E-state index in [1.807, 2.05) is 0 Å². The lowest BCUT2D eigenvalue weighted by Gasteiger charge is -2.18. The van der Waals surface area contributed by atoms with Crippen LogP contribution in [0.1, 0.15) is 17.4 Å². The zero-order valence-corrected chi connectivity index (χ0v) is 14.0. The van der Waals surface area contributed by atoms with Gasteiger partial charge in [-0.05, 0) is 18.2 Å². The van der Waals surface area contributed by atoms with E-state index < -0.39 is 18.2 Å². The maximum Gasteiger partial charge on any atom is 0.325 e. The molecular weight excluding hydrogens is 344 g/mol. The van der Waals surface area contributed by atoms with Gasteiger partial charge in [0.25, 0.3) is 0 Å². The molecule has 0 radical (unpaired) electrons. The van der Waals surface area contributed by atoms with Crippen LogP contribution in [0.3, 0.4) is 0 Å². The van der Waals surface area contributed by atoms with Crippen molar-refractivity contribution in [2.75, 3.05) is 13.2 Å². The lowest BCUT2D eigenvalue weighted by atomic mass is 10.1. The van der Waals surface area contributed by atoms with Gasteiger partial charge in [0.15, 0.2) is 11.9 Å². The minimum atomic E-state index is -1.05. The van der Waals surface area contributed by atoms with Gasteiger partial charge in [0.2, 0.25) is 0 Å². The van der Waals surface area contributed by atoms with Crippen molar-refractivity contribution in [1.82, 2.24) is 9.78 Å². The number of hydrogen-bond acceptors (Lipinski definition) is 7. The molecule has 138 valence electrons. The van der Waals surface area contributed by atoms with Gasteiger partial charge in [-0.3, -0.25) is 14.3 Å². The number of nitrogens with zero attached hydrogens (tertiary/aromatic N) is 2. The molecule has 9 heteroatoms. The molecule has 0 unspecified atom stereocenters. The van der Waals surface area contributed by atoms with E-state index in [2.05, 4.69) is 5.10 Å². The Balaban J connectivity index is 1.64. The van der Waals surface area contributed by atoms with Crippen molar-refractivity contribution in [3.05, 3.63) is 23.9 Å². The molecule has 26 heavy (non-hydrogen) atoms. The fourth-order valence-corrected chi connectivity index (χ4v) is 3.46. The first-order valence-corrected chi connectivity index (χ1v) is 8.25. The highest BCUT2D eigenvalue weighted by Crippen LogP contribution is 2.31. The molecule has 0 saturated carbocycles. The monoisotopic (exact) mass is 362 g/mol. The molecule has 2 saturated heterocycles. The Bertz CT molecular complexity index is 877. The topological polar surface area (TPSA) is 120 Å². The summed E-state index contributed by atoms with van der Waals surface area (Å²) in [4.78, 5) is 22.9. The first-order valence-electron chi connectivity index (χ1n) is 8.25. The Morgan fingerprint density at radius 3 is 2.81 bits per heavy atom. The Hall–Kier alpha value is -2.49. The van der Waals surface area contributed by atoms with E-state index >= 15 is 0 Å². The minimum Gasteiger partial charge on any atom is -0.485 e. The van der Waals surface area contributed by atoms with Gasteiger partial charge in [-0.2, -0.15) is 5.10 Å². The van der Waals surface area contributed by atoms with Crippen LogP contribution in [0, 0.1) is 0 Å². The number of aromatic nitrogens is 2. The van der Waals surface area contributed by atoms with E-state index in [4.69, 9.17) is 19.3 Å². The smallest absolute Gasteiger partial charge is 0.325 e. The van der Waals surface area contributed by atoms with Crippen LogP contribution in [0.15, 0.2) is 18.2 Å². The molecule has 0 amide bonds. The molecule has 2 N–H and O–H groups in total. The zero-order valence-electron chi connectivity index (χ0n) is 14.0. The molecule has 2 aliphatic heterocycles. The molecule has 3 heterocycles. The summed E-state index contributed by atoms with van der Waals surface area (Å²) in [7, 11) is 0. The molecule has 0 aliphatic carbocycles. The van der Waals surface area contributed by atoms with E-state index in [1.54, 1.807) is 18.2 Å². The first kappa shape index (κ1) is 17.0. The molecule has 1 aromatic carbocycles. The maximum atomic E-state index is 11.9. The van der Waals surface area contributed by atoms with E-state index in [1.165, 1.54) is 11.6 Å². The summed E-state index contributed by atoms with van der Waals surface area (Å²) in [6, 6.07) is 5.02. The van der Waals surface area contributed by atoms with Gasteiger partial charge in [0.1, 0.15) is 36.3 Å². The number of carbonyl (C=O) groups is 2. The van der Waals surface area contributed by atoms with Gasteiger partial charge in [0.05, 0.1) is 18.7 Å². The van der Waals surface area contributed by atoms with Crippen LogP contribution in [0.2, 0.25) is 0 Å². The van der Waals surface area contributed by atoms with Crippen LogP contribution in [-0.4, -0.2) is 69.4 Å². The number of ketones is 1. The van der Waals surface area contributed by atoms with Crippen LogP contribution in [0.25, 0.3) is 10.9 Å². The second-order valence-corrected chi connectivity index (χ2v) is 6.45. The zero-order chi connectivity index (χ0) is 18.4. The lowest BCUT2D eigenvalue weighted by molar-refractivity contribution is -0.137. The van der Waals surface area contributed by atoms with E-state index in [0.717, 1.165) is 0 Å². The van der Waals surface area contributed by atoms with E-state index in [-0.39, 0.29) is 36.8 Å². The molecule has 0 spiro atoms. The third-order valence-electron chi connectivity index (χ3n) is 4.61. The largest absolute Gasteiger partial charge is 0.485 e. The van der Waals surface area contributed by atoms with Crippen molar-refractivity contribution in [1.29, 1.82) is 0 Å². The Kier molecular flexibility index (Phi) is 4.14. The van der Waals surface area contributed by atoms with Gasteiger partial charge in [-0.25, -0.2) is 0 Å². The molecule has 1 aromatic heterocycles. The summed E-state index contributed by atoms with van der Waals surface area (Å²) in [5.41, 5.74) is 0.734. The Morgan fingerprint density at radius 1 is 1.31 bits per heavy atom. The van der Waals surface area contributed by atoms with Crippen molar-refractivity contribution in [2.24, 2.45) is 0 Å². The van der Waals surface area contributed by atoms with Gasteiger partial charge >= 0.3 is 5.97 Å². The highest BCUT2D eigenvalue weighted by molar-refractivity contribution is 6.05. The summed E-state index contributed by atoms with van der Waals surface area (Å²) in [5, 5.41) is 23.4. The third kappa shape index (κ3) is 2.83. The van der Waals surface area contributed by atoms with Crippen LogP contribution in [0.4, 0.5) is 0 Å². The van der Waals surface area contributed by atoms with Gasteiger partial charge in [0, 0.05) is 12.3 Å². The number of carboxylic acid groups (broad SMARTS) is 1. The summed E-state index contributed by atoms with van der Waals surface area (Å²) in [5.74, 6) is -0.812. The lowest BCUT2D eigenvalue weighted by Crippen LogP contribution is -2.34. The molecule has 4 atom stereocenters. The van der Waals surface area contributed by atoms with Crippen molar-refractivity contribution in [3.8, 4) is 5.75 Å². The number of Topliss-reactive ketones (excluding diaryl/α,β-unsaturated/α-hetero) is 1. The predicted molar refractivity (Wildman–Crippen MR) is 87.3 cm³/mol. The number of carbonyl (C=O) groups excluding carboxylic acids is 1. The second-order valence-electron chi connectivity index (χ2n) is 6.45. The summed E-state index contributed by atoms with van der Waals surface area (Å²) >= 11 is 0. The number of rotatable bonds is 5. The quantitative estimate of drug-likeness (QED) is 0.725. The number of aliphatic hydroxyl groups excluding tert-OH is 1. The highest BCUT2D eigenvalue weighted by Gasteiger charge is 2.48. The van der Waals surface area contributed by atoms with Gasteiger partial charge < -0.3 is 24.4 Å². The number of hydrogen-bond donors (Lipinski definition) is 2. The molecule has 2 aromatic rings. The van der Waals surface area contributed by atoms with E-state index in [9.17, 15) is 14.7 Å². The van der Waals surface area contributed by atoms with Crippen molar-refractivity contribution in [2.45, 2.75) is 37.9 Å². The van der Waals surface area contributed by atoms with Crippen molar-refractivity contribution < 1.29 is 34.0 Å². The maximum absolute atomic E-state index is 11.9. The molecule has 0 bridgehead atoms. The fraction of sp³-hybridized carbons (Fsp3) is 0.471. The van der Waals surface area contributed by atoms with Gasteiger partial charge in [-0.1, -0.05) is 0 Å². The van der Waals surface area contributed by atoms with E-state index in [0.29, 0.717) is 23.3 Å². The van der Waals surface area contributed by atoms with Crippen molar-refractivity contribution in [3.63, 3.8) is 0 Å². The second kappa shape index (κ2) is 6.35. The van der Waals surface area contributed by atoms with Crippen LogP contribution >= 0.6 is 0 Å². The standard InChI is InChI=1S/C17H18N2O7/c1-8(20)15-10-4-9(2-3-11(10)19(18-15)5-14(22)23)26-13-7-25-16-12(21)6-24-17(13)16/h2-4,12-13,16-17,21H,5-7H2,1H3,(H,22,23)/t12-,13-,16-,17-/m1/s1. The van der Waals surface area contributed by atoms with Gasteiger partial charge in [-0.15, -0.1) is 0 Å². The Labute approximate surface area is 148 Å². The first-order chi connectivity index (χ1) is 12.4. The summed E-state index contributed by atoms with van der Waals surface area (Å²) < 4.78 is 18.3. The molecule has 9 nitrogen and oxygen atoms in total. The summed E-state index contributed by atoms with van der Waals surface area (Å²) in [6.45, 7) is 1.55. The normalized spacial score (nSPS) is 27.6. The minimum absolute atomic E-state index is 0.194. The molecule has 2 fully saturated rings. The third-order valence-corrected chi connectivity index (χ3v) is 4.61. The SMILES string of the molecule is CC(=O)c1nn(CC(=O)O)c2ccc(O[C@@H]3CO[C@H]4[C@@H]3OC[C@H]4O)cc12. The van der Waals surface area contributed by atoms with Crippen LogP contribution < -0.4 is 4.74 Å².